The van der Waals surface area contributed by atoms with Crippen LogP contribution in [-0.4, -0.2) is 67.8 Å². The first-order valence-corrected chi connectivity index (χ1v) is 16.0. The Labute approximate surface area is 293 Å². The van der Waals surface area contributed by atoms with E-state index in [-0.39, 0.29) is 13.2 Å². The van der Waals surface area contributed by atoms with Crippen LogP contribution >= 0.6 is 0 Å². The molecule has 6 rings (SSSR count). The van der Waals surface area contributed by atoms with Crippen LogP contribution in [0.2, 0.25) is 0 Å². The molecule has 0 aliphatic carbocycles. The highest BCUT2D eigenvalue weighted by atomic mass is 16.7. The minimum Gasteiger partial charge on any atom is -0.454 e. The first-order valence-electron chi connectivity index (χ1n) is 16.0. The number of rotatable bonds is 11. The molecule has 2 heterocycles. The van der Waals surface area contributed by atoms with Gasteiger partial charge in [-0.15, -0.1) is 0 Å². The van der Waals surface area contributed by atoms with E-state index in [0.717, 1.165) is 5.56 Å². The molecule has 4 aromatic rings. The van der Waals surface area contributed by atoms with Crippen LogP contribution in [0.1, 0.15) is 47.8 Å². The van der Waals surface area contributed by atoms with Crippen molar-refractivity contribution in [2.75, 3.05) is 13.2 Å². The van der Waals surface area contributed by atoms with Crippen molar-refractivity contribution in [1.82, 2.24) is 0 Å². The Balaban J connectivity index is 0.932. The van der Waals surface area contributed by atoms with Crippen molar-refractivity contribution in [1.29, 1.82) is 0 Å². The van der Waals surface area contributed by atoms with E-state index in [1.165, 1.54) is 36.4 Å². The van der Waals surface area contributed by atoms with Gasteiger partial charge in [-0.2, -0.15) is 0 Å². The average molecular weight is 689 g/mol. The van der Waals surface area contributed by atoms with Crippen molar-refractivity contribution >= 4 is 42.3 Å². The van der Waals surface area contributed by atoms with Crippen LogP contribution in [0.25, 0.3) is 12.2 Å². The van der Waals surface area contributed by atoms with Gasteiger partial charge in [0.05, 0.1) is 24.3 Å². The standard InChI is InChI=1S/C40H32O11/c1-25-2-12-29(13-3-25)39(44)48-31-16-6-26(7-17-31)10-20-35(42)50-33-23-46-38-34(24-47-37(33)38)51-36(43)21-11-27-8-18-32(19-9-27)49-40(45)30-14-4-28(22-41)5-15-30/h2-22,33-34,37-38H,23-24H2,1H3/b20-10+,21-11+/t33-,34+,37+,38+/m0/s1. The summed E-state index contributed by atoms with van der Waals surface area (Å²) >= 11 is 0. The lowest BCUT2D eigenvalue weighted by atomic mass is 10.1. The van der Waals surface area contributed by atoms with Crippen LogP contribution in [0.5, 0.6) is 11.5 Å². The van der Waals surface area contributed by atoms with Gasteiger partial charge in [-0.25, -0.2) is 19.2 Å². The average Bonchev–Trinajstić information content (AvgIpc) is 3.74. The number of hydrogen-bond donors (Lipinski definition) is 0. The van der Waals surface area contributed by atoms with Gasteiger partial charge < -0.3 is 28.4 Å². The van der Waals surface area contributed by atoms with Gasteiger partial charge in [0.25, 0.3) is 0 Å². The van der Waals surface area contributed by atoms with Crippen molar-refractivity contribution in [2.45, 2.75) is 31.3 Å². The number of aryl methyl sites for hydroxylation is 1. The van der Waals surface area contributed by atoms with Gasteiger partial charge in [-0.3, -0.25) is 4.79 Å². The third-order valence-electron chi connectivity index (χ3n) is 8.07. The normalized spacial score (nSPS) is 19.4. The first kappa shape index (κ1) is 34.7. The third kappa shape index (κ3) is 9.09. The fourth-order valence-corrected chi connectivity index (χ4v) is 5.35. The van der Waals surface area contributed by atoms with Crippen molar-refractivity contribution in [3.05, 3.63) is 143 Å². The smallest absolute Gasteiger partial charge is 0.343 e. The van der Waals surface area contributed by atoms with Crippen LogP contribution in [0, 0.1) is 6.92 Å². The molecule has 2 fully saturated rings. The fraction of sp³-hybridized carbons (Fsp3) is 0.175. The molecule has 2 saturated heterocycles. The van der Waals surface area contributed by atoms with Gasteiger partial charge >= 0.3 is 23.9 Å². The van der Waals surface area contributed by atoms with Gasteiger partial charge in [0.2, 0.25) is 0 Å². The summed E-state index contributed by atoms with van der Waals surface area (Å²) in [5.74, 6) is -1.56. The molecular formula is C40H32O11. The third-order valence-corrected chi connectivity index (χ3v) is 8.07. The largest absolute Gasteiger partial charge is 0.454 e. The van der Waals surface area contributed by atoms with E-state index in [2.05, 4.69) is 0 Å². The summed E-state index contributed by atoms with van der Waals surface area (Å²) in [6.07, 6.45) is 3.80. The van der Waals surface area contributed by atoms with E-state index >= 15 is 0 Å². The number of carbonyl (C=O) groups is 5. The second-order valence-corrected chi connectivity index (χ2v) is 11.7. The highest BCUT2D eigenvalue weighted by Crippen LogP contribution is 2.31. The van der Waals surface area contributed by atoms with Crippen LogP contribution in [-0.2, 0) is 28.5 Å². The van der Waals surface area contributed by atoms with E-state index in [1.807, 2.05) is 19.1 Å². The van der Waals surface area contributed by atoms with E-state index in [1.54, 1.807) is 72.8 Å². The molecule has 51 heavy (non-hydrogen) atoms. The highest BCUT2D eigenvalue weighted by molar-refractivity contribution is 5.92. The van der Waals surface area contributed by atoms with Gasteiger partial charge in [0.15, 0.2) is 12.2 Å². The zero-order chi connectivity index (χ0) is 35.7. The Hall–Kier alpha value is -6.17. The van der Waals surface area contributed by atoms with Crippen molar-refractivity contribution in [3.63, 3.8) is 0 Å². The Morgan fingerprint density at radius 2 is 0.961 bits per heavy atom. The summed E-state index contributed by atoms with van der Waals surface area (Å²) in [5, 5.41) is 0. The zero-order valence-electron chi connectivity index (χ0n) is 27.3. The van der Waals surface area contributed by atoms with Crippen LogP contribution in [0.15, 0.2) is 109 Å². The topological polar surface area (TPSA) is 141 Å². The molecule has 258 valence electrons. The molecule has 0 amide bonds. The monoisotopic (exact) mass is 688 g/mol. The van der Waals surface area contributed by atoms with E-state index in [4.69, 9.17) is 28.4 Å². The van der Waals surface area contributed by atoms with E-state index in [0.29, 0.717) is 45.6 Å². The predicted molar refractivity (Wildman–Crippen MR) is 183 cm³/mol. The molecule has 4 atom stereocenters. The fourth-order valence-electron chi connectivity index (χ4n) is 5.35. The van der Waals surface area contributed by atoms with E-state index < -0.39 is 48.3 Å². The maximum absolute atomic E-state index is 12.6. The second kappa shape index (κ2) is 16.0. The van der Waals surface area contributed by atoms with Crippen molar-refractivity contribution in [3.8, 4) is 11.5 Å². The number of aldehydes is 1. The number of carbonyl (C=O) groups excluding carboxylic acids is 5. The minimum absolute atomic E-state index is 0.0809. The molecule has 0 aromatic heterocycles. The van der Waals surface area contributed by atoms with Gasteiger partial charge in [-0.1, -0.05) is 54.1 Å². The molecule has 11 heteroatoms. The number of fused-ring (bicyclic) bond motifs is 1. The summed E-state index contributed by atoms with van der Waals surface area (Å²) in [6, 6.07) is 26.3. The molecule has 0 saturated carbocycles. The first-order chi connectivity index (χ1) is 24.7. The van der Waals surface area contributed by atoms with Gasteiger partial charge in [0, 0.05) is 17.7 Å². The summed E-state index contributed by atoms with van der Waals surface area (Å²) in [4.78, 5) is 60.6. The van der Waals surface area contributed by atoms with Gasteiger partial charge in [0.1, 0.15) is 30.0 Å². The molecule has 2 aliphatic heterocycles. The molecule has 0 bridgehead atoms. The second-order valence-electron chi connectivity index (χ2n) is 11.7. The summed E-state index contributed by atoms with van der Waals surface area (Å²) < 4.78 is 33.4. The van der Waals surface area contributed by atoms with E-state index in [9.17, 15) is 24.0 Å². The molecule has 2 aliphatic rings. The summed E-state index contributed by atoms with van der Waals surface area (Å²) in [7, 11) is 0. The summed E-state index contributed by atoms with van der Waals surface area (Å²) in [6.45, 7) is 2.10. The summed E-state index contributed by atoms with van der Waals surface area (Å²) in [5.41, 5.74) is 3.60. The lowest BCUT2D eigenvalue weighted by Crippen LogP contribution is -2.35. The Morgan fingerprint density at radius 3 is 1.37 bits per heavy atom. The van der Waals surface area contributed by atoms with Crippen LogP contribution in [0.3, 0.4) is 0 Å². The molecule has 0 radical (unpaired) electrons. The van der Waals surface area contributed by atoms with Gasteiger partial charge in [-0.05, 0) is 78.7 Å². The van der Waals surface area contributed by atoms with Crippen LogP contribution in [0.4, 0.5) is 0 Å². The maximum atomic E-state index is 12.6. The molecule has 0 spiro atoms. The van der Waals surface area contributed by atoms with Crippen LogP contribution < -0.4 is 9.47 Å². The quantitative estimate of drug-likeness (QED) is 0.0843. The molecule has 0 unspecified atom stereocenters. The number of esters is 4. The Kier molecular flexibility index (Phi) is 10.9. The maximum Gasteiger partial charge on any atom is 0.343 e. The highest BCUT2D eigenvalue weighted by Gasteiger charge is 2.51. The molecular weight excluding hydrogens is 656 g/mol. The predicted octanol–water partition coefficient (Wildman–Crippen LogP) is 5.59. The number of benzene rings is 4. The lowest BCUT2D eigenvalue weighted by Gasteiger charge is -2.16. The molecule has 11 nitrogen and oxygen atoms in total. The van der Waals surface area contributed by atoms with Crippen molar-refractivity contribution in [2.24, 2.45) is 0 Å². The Morgan fingerprint density at radius 1 is 0.569 bits per heavy atom. The zero-order valence-corrected chi connectivity index (χ0v) is 27.3. The van der Waals surface area contributed by atoms with Crippen molar-refractivity contribution < 1.29 is 52.4 Å². The lowest BCUT2D eigenvalue weighted by molar-refractivity contribution is -0.149. The SMILES string of the molecule is Cc1ccc(C(=O)Oc2ccc(/C=C/C(=O)O[C@H]3CO[C@H]4[C@@H]3OC[C@H]4OC(=O)/C=C/c3ccc(OC(=O)c4ccc(C=O)cc4)cc3)cc2)cc1. The number of hydrogen-bond acceptors (Lipinski definition) is 11. The number of ether oxygens (including phenoxy) is 6. The Bertz CT molecular complexity index is 1940. The molecule has 4 aromatic carbocycles. The molecule has 0 N–H and O–H groups in total. The minimum atomic E-state index is -0.688.